The number of aryl methyl sites for hydroxylation is 1. The molecule has 0 atom stereocenters. The number of benzene rings is 2. The summed E-state index contributed by atoms with van der Waals surface area (Å²) in [5.74, 6) is 0.309. The second kappa shape index (κ2) is 7.19. The number of anilines is 1. The Morgan fingerprint density at radius 2 is 1.67 bits per heavy atom. The number of aromatic nitrogens is 2. The van der Waals surface area contributed by atoms with Crippen LogP contribution in [0.2, 0.25) is 0 Å². The fourth-order valence-corrected chi connectivity index (χ4v) is 3.79. The van der Waals surface area contributed by atoms with E-state index in [2.05, 4.69) is 30.6 Å². The average Bonchev–Trinajstić information content (AvgIpc) is 3.02. The van der Waals surface area contributed by atoms with Crippen molar-refractivity contribution in [2.24, 2.45) is 0 Å². The molecule has 3 rings (SSSR count). The molecule has 1 aromatic heterocycles. The molecule has 0 aliphatic rings. The van der Waals surface area contributed by atoms with Gasteiger partial charge in [0.15, 0.2) is 5.82 Å². The van der Waals surface area contributed by atoms with Gasteiger partial charge >= 0.3 is 0 Å². The van der Waals surface area contributed by atoms with Gasteiger partial charge in [-0.15, -0.1) is 0 Å². The van der Waals surface area contributed by atoms with E-state index >= 15 is 0 Å². The first-order valence-corrected chi connectivity index (χ1v) is 10.3. The molecule has 27 heavy (non-hydrogen) atoms. The van der Waals surface area contributed by atoms with Gasteiger partial charge in [0.2, 0.25) is 0 Å². The summed E-state index contributed by atoms with van der Waals surface area (Å²) in [7, 11) is -3.67. The van der Waals surface area contributed by atoms with Crippen molar-refractivity contribution in [3.8, 4) is 0 Å². The van der Waals surface area contributed by atoms with Gasteiger partial charge in [0, 0.05) is 12.3 Å². The molecule has 6 heteroatoms. The maximum atomic E-state index is 12.6. The molecule has 0 saturated carbocycles. The van der Waals surface area contributed by atoms with Gasteiger partial charge in [-0.3, -0.25) is 9.40 Å². The number of nitrogens with zero attached hydrogens (tertiary/aromatic N) is 2. The van der Waals surface area contributed by atoms with Crippen LogP contribution in [-0.2, 0) is 22.0 Å². The van der Waals surface area contributed by atoms with Crippen LogP contribution in [0.5, 0.6) is 0 Å². The lowest BCUT2D eigenvalue weighted by atomic mass is 9.87. The summed E-state index contributed by atoms with van der Waals surface area (Å²) < 4.78 is 29.5. The number of hydrogen-bond donors (Lipinski definition) is 1. The van der Waals surface area contributed by atoms with Crippen LogP contribution >= 0.6 is 0 Å². The maximum absolute atomic E-state index is 12.6. The number of hydrogen-bond acceptors (Lipinski definition) is 3. The molecule has 142 valence electrons. The highest BCUT2D eigenvalue weighted by atomic mass is 32.2. The standard InChI is InChI=1S/C21H25N3O2S/c1-16-7-5-6-8-17(16)15-24-14-13-20(22-24)23-27(25,26)19-11-9-18(10-12-19)21(2,3)4/h5-14H,15H2,1-4H3,(H,22,23). The van der Waals surface area contributed by atoms with E-state index in [1.807, 2.05) is 43.3 Å². The van der Waals surface area contributed by atoms with Gasteiger partial charge in [-0.2, -0.15) is 5.10 Å². The molecular formula is C21H25N3O2S. The number of sulfonamides is 1. The lowest BCUT2D eigenvalue weighted by Crippen LogP contribution is -2.15. The fraction of sp³-hybridized carbons (Fsp3) is 0.286. The largest absolute Gasteiger partial charge is 0.266 e. The summed E-state index contributed by atoms with van der Waals surface area (Å²) in [5.41, 5.74) is 3.38. The first kappa shape index (κ1) is 19.2. The third-order valence-electron chi connectivity index (χ3n) is 4.50. The van der Waals surface area contributed by atoms with Crippen molar-refractivity contribution in [3.05, 3.63) is 77.5 Å². The van der Waals surface area contributed by atoms with Gasteiger partial charge in [0.25, 0.3) is 10.0 Å². The lowest BCUT2D eigenvalue weighted by Gasteiger charge is -2.19. The van der Waals surface area contributed by atoms with Gasteiger partial charge in [0.05, 0.1) is 11.4 Å². The Hall–Kier alpha value is -2.60. The molecule has 0 aliphatic carbocycles. The van der Waals surface area contributed by atoms with Crippen molar-refractivity contribution >= 4 is 15.8 Å². The topological polar surface area (TPSA) is 64.0 Å². The van der Waals surface area contributed by atoms with Crippen LogP contribution in [0.1, 0.15) is 37.5 Å². The molecule has 0 radical (unpaired) electrons. The minimum absolute atomic E-state index is 0.0237. The van der Waals surface area contributed by atoms with E-state index in [0.29, 0.717) is 12.4 Å². The highest BCUT2D eigenvalue weighted by Crippen LogP contribution is 2.24. The Kier molecular flexibility index (Phi) is 5.11. The summed E-state index contributed by atoms with van der Waals surface area (Å²) >= 11 is 0. The molecular weight excluding hydrogens is 358 g/mol. The van der Waals surface area contributed by atoms with E-state index in [-0.39, 0.29) is 10.3 Å². The fourth-order valence-electron chi connectivity index (χ4n) is 2.80. The Labute approximate surface area is 161 Å². The zero-order valence-electron chi connectivity index (χ0n) is 16.1. The van der Waals surface area contributed by atoms with Crippen LogP contribution < -0.4 is 4.72 Å². The number of nitrogens with one attached hydrogen (secondary N) is 1. The first-order valence-electron chi connectivity index (χ1n) is 8.86. The molecule has 0 aliphatic heterocycles. The van der Waals surface area contributed by atoms with Crippen LogP contribution in [0, 0.1) is 6.92 Å². The Balaban J connectivity index is 1.75. The smallest absolute Gasteiger partial charge is 0.263 e. The summed E-state index contributed by atoms with van der Waals surface area (Å²) in [5, 5.41) is 4.34. The normalized spacial score (nSPS) is 12.1. The van der Waals surface area contributed by atoms with Gasteiger partial charge in [-0.25, -0.2) is 8.42 Å². The molecule has 1 N–H and O–H groups in total. The Morgan fingerprint density at radius 1 is 1.00 bits per heavy atom. The highest BCUT2D eigenvalue weighted by Gasteiger charge is 2.18. The van der Waals surface area contributed by atoms with Gasteiger partial charge in [-0.05, 0) is 41.2 Å². The number of rotatable bonds is 5. The third kappa shape index (κ3) is 4.57. The van der Waals surface area contributed by atoms with E-state index in [1.165, 1.54) is 5.56 Å². The SMILES string of the molecule is Cc1ccccc1Cn1ccc(NS(=O)(=O)c2ccc(C(C)(C)C)cc2)n1. The van der Waals surface area contributed by atoms with Crippen molar-refractivity contribution in [1.82, 2.24) is 9.78 Å². The lowest BCUT2D eigenvalue weighted by molar-refractivity contribution is 0.587. The highest BCUT2D eigenvalue weighted by molar-refractivity contribution is 7.92. The molecule has 5 nitrogen and oxygen atoms in total. The molecule has 3 aromatic rings. The second-order valence-corrected chi connectivity index (χ2v) is 9.39. The van der Waals surface area contributed by atoms with E-state index < -0.39 is 10.0 Å². The molecule has 0 amide bonds. The summed E-state index contributed by atoms with van der Waals surface area (Å²) in [6.45, 7) is 8.92. The van der Waals surface area contributed by atoms with Crippen LogP contribution in [0.3, 0.4) is 0 Å². The minimum atomic E-state index is -3.67. The van der Waals surface area contributed by atoms with Crippen LogP contribution in [0.4, 0.5) is 5.82 Å². The zero-order valence-corrected chi connectivity index (χ0v) is 16.9. The quantitative estimate of drug-likeness (QED) is 0.713. The van der Waals surface area contributed by atoms with E-state index in [9.17, 15) is 8.42 Å². The predicted molar refractivity (Wildman–Crippen MR) is 108 cm³/mol. The van der Waals surface area contributed by atoms with Crippen molar-refractivity contribution in [1.29, 1.82) is 0 Å². The van der Waals surface area contributed by atoms with E-state index in [0.717, 1.165) is 11.1 Å². The van der Waals surface area contributed by atoms with Crippen LogP contribution in [0.25, 0.3) is 0 Å². The summed E-state index contributed by atoms with van der Waals surface area (Å²) in [6, 6.07) is 16.7. The van der Waals surface area contributed by atoms with Gasteiger partial charge in [-0.1, -0.05) is 57.2 Å². The molecule has 0 unspecified atom stereocenters. The van der Waals surface area contributed by atoms with Crippen molar-refractivity contribution in [3.63, 3.8) is 0 Å². The summed E-state index contributed by atoms with van der Waals surface area (Å²) in [6.07, 6.45) is 1.77. The molecule has 0 spiro atoms. The molecule has 0 bridgehead atoms. The Morgan fingerprint density at radius 3 is 2.30 bits per heavy atom. The summed E-state index contributed by atoms with van der Waals surface area (Å²) in [4.78, 5) is 0.226. The predicted octanol–water partition coefficient (Wildman–Crippen LogP) is 4.34. The van der Waals surface area contributed by atoms with Gasteiger partial charge < -0.3 is 0 Å². The third-order valence-corrected chi connectivity index (χ3v) is 5.87. The maximum Gasteiger partial charge on any atom is 0.263 e. The van der Waals surface area contributed by atoms with E-state index in [1.54, 1.807) is 29.1 Å². The average molecular weight is 384 g/mol. The molecule has 1 heterocycles. The molecule has 0 saturated heterocycles. The van der Waals surface area contributed by atoms with Crippen molar-refractivity contribution in [2.45, 2.75) is 44.6 Å². The zero-order chi connectivity index (χ0) is 19.7. The van der Waals surface area contributed by atoms with Crippen molar-refractivity contribution < 1.29 is 8.42 Å². The molecule has 0 fully saturated rings. The van der Waals surface area contributed by atoms with Crippen LogP contribution in [-0.4, -0.2) is 18.2 Å². The molecule has 2 aromatic carbocycles. The monoisotopic (exact) mass is 383 g/mol. The second-order valence-electron chi connectivity index (χ2n) is 7.70. The van der Waals surface area contributed by atoms with Gasteiger partial charge in [0.1, 0.15) is 0 Å². The van der Waals surface area contributed by atoms with Crippen molar-refractivity contribution in [2.75, 3.05) is 4.72 Å². The minimum Gasteiger partial charge on any atom is -0.266 e. The first-order chi connectivity index (χ1) is 12.6. The van der Waals surface area contributed by atoms with Crippen LogP contribution in [0.15, 0.2) is 65.7 Å². The van der Waals surface area contributed by atoms with E-state index in [4.69, 9.17) is 0 Å². The Bertz CT molecular complexity index is 1030.